The summed E-state index contributed by atoms with van der Waals surface area (Å²) in [5.74, 6) is 0.383. The largest absolute Gasteiger partial charge is 0.462 e. The van der Waals surface area contributed by atoms with Crippen LogP contribution >= 0.6 is 12.4 Å². The molecule has 0 aliphatic heterocycles. The van der Waals surface area contributed by atoms with Crippen LogP contribution in [0.15, 0.2) is 0 Å². The van der Waals surface area contributed by atoms with E-state index < -0.39 is 29.8 Å². The first kappa shape index (κ1) is 24.4. The molecule has 4 saturated carbocycles. The van der Waals surface area contributed by atoms with Crippen molar-refractivity contribution in [3.05, 3.63) is 0 Å². The van der Waals surface area contributed by atoms with E-state index in [2.05, 4.69) is 10.6 Å². The van der Waals surface area contributed by atoms with Crippen molar-refractivity contribution in [2.24, 2.45) is 35.1 Å². The van der Waals surface area contributed by atoms with Crippen LogP contribution in [-0.4, -0.2) is 48.4 Å². The Labute approximate surface area is 182 Å². The fraction of sp³-hybridized carbons (Fsp3) is 0.800. The summed E-state index contributed by atoms with van der Waals surface area (Å²) < 4.78 is 5.80. The number of hydrogen-bond acceptors (Lipinski definition) is 6. The average molecular weight is 445 g/mol. The SMILES string of the molecule is C[C@H](NC(=O)CN)C(=O)N[C@H](CCC(=O)OC1C2CC3CC(C2)CC1C3)C(N)=O.Cl. The van der Waals surface area contributed by atoms with E-state index in [1.165, 1.54) is 13.3 Å². The molecule has 4 aliphatic carbocycles. The van der Waals surface area contributed by atoms with Crippen LogP contribution in [0.3, 0.4) is 0 Å². The van der Waals surface area contributed by atoms with Crippen LogP contribution in [0.5, 0.6) is 0 Å². The summed E-state index contributed by atoms with van der Waals surface area (Å²) >= 11 is 0. The molecule has 0 aromatic heterocycles. The highest BCUT2D eigenvalue weighted by Gasteiger charge is 2.49. The molecule has 4 rings (SSSR count). The number of primary amides is 1. The number of halogens is 1. The number of nitrogens with two attached hydrogens (primary N) is 2. The molecule has 0 aromatic carbocycles. The molecule has 10 heteroatoms. The van der Waals surface area contributed by atoms with Gasteiger partial charge in [-0.2, -0.15) is 0 Å². The van der Waals surface area contributed by atoms with Crippen LogP contribution in [0.4, 0.5) is 0 Å². The third-order valence-electron chi connectivity index (χ3n) is 6.66. The van der Waals surface area contributed by atoms with Crippen LogP contribution in [0.1, 0.15) is 51.9 Å². The maximum absolute atomic E-state index is 12.4. The molecule has 4 aliphatic rings. The number of esters is 1. The van der Waals surface area contributed by atoms with Crippen LogP contribution in [0, 0.1) is 23.7 Å². The van der Waals surface area contributed by atoms with Gasteiger partial charge in [0.25, 0.3) is 0 Å². The third-order valence-corrected chi connectivity index (χ3v) is 6.66. The Hall–Kier alpha value is -1.87. The van der Waals surface area contributed by atoms with Gasteiger partial charge in [0.1, 0.15) is 18.2 Å². The lowest BCUT2D eigenvalue weighted by Gasteiger charge is -2.53. The lowest BCUT2D eigenvalue weighted by molar-refractivity contribution is -0.171. The lowest BCUT2D eigenvalue weighted by Crippen LogP contribution is -2.52. The van der Waals surface area contributed by atoms with Crippen molar-refractivity contribution in [1.82, 2.24) is 10.6 Å². The first-order valence-corrected chi connectivity index (χ1v) is 10.5. The summed E-state index contributed by atoms with van der Waals surface area (Å²) in [5.41, 5.74) is 10.6. The molecule has 0 spiro atoms. The summed E-state index contributed by atoms with van der Waals surface area (Å²) in [6.45, 7) is 1.23. The zero-order valence-electron chi connectivity index (χ0n) is 17.3. The Morgan fingerprint density at radius 3 is 2.07 bits per heavy atom. The summed E-state index contributed by atoms with van der Waals surface area (Å²) in [4.78, 5) is 47.5. The first-order chi connectivity index (χ1) is 13.8. The zero-order valence-corrected chi connectivity index (χ0v) is 18.1. The number of nitrogens with one attached hydrogen (secondary N) is 2. The summed E-state index contributed by atoms with van der Waals surface area (Å²) in [5, 5.41) is 4.88. The molecule has 9 nitrogen and oxygen atoms in total. The van der Waals surface area contributed by atoms with Gasteiger partial charge in [-0.3, -0.25) is 19.2 Å². The van der Waals surface area contributed by atoms with E-state index in [0.29, 0.717) is 11.8 Å². The van der Waals surface area contributed by atoms with Crippen molar-refractivity contribution in [2.45, 2.75) is 70.1 Å². The van der Waals surface area contributed by atoms with Gasteiger partial charge in [-0.05, 0) is 69.1 Å². The van der Waals surface area contributed by atoms with Gasteiger partial charge in [-0.15, -0.1) is 12.4 Å². The highest BCUT2D eigenvalue weighted by atomic mass is 35.5. The van der Waals surface area contributed by atoms with Crippen molar-refractivity contribution < 1.29 is 23.9 Å². The van der Waals surface area contributed by atoms with Crippen LogP contribution < -0.4 is 22.1 Å². The summed E-state index contributed by atoms with van der Waals surface area (Å²) in [6, 6.07) is -1.88. The minimum Gasteiger partial charge on any atom is -0.462 e. The van der Waals surface area contributed by atoms with E-state index in [4.69, 9.17) is 16.2 Å². The molecule has 3 amide bonds. The molecular formula is C20H33ClN4O5. The molecule has 170 valence electrons. The summed E-state index contributed by atoms with van der Waals surface area (Å²) in [7, 11) is 0. The van der Waals surface area contributed by atoms with Gasteiger partial charge >= 0.3 is 5.97 Å². The molecule has 30 heavy (non-hydrogen) atoms. The zero-order chi connectivity index (χ0) is 21.1. The fourth-order valence-electron chi connectivity index (χ4n) is 5.49. The molecule has 0 saturated heterocycles. The van der Waals surface area contributed by atoms with Crippen molar-refractivity contribution in [3.63, 3.8) is 0 Å². The van der Waals surface area contributed by atoms with Crippen LogP contribution in [0.25, 0.3) is 0 Å². The Balaban J connectivity index is 0.00000320. The Bertz CT molecular complexity index is 646. The summed E-state index contributed by atoms with van der Waals surface area (Å²) in [6.07, 6.45) is 5.98. The van der Waals surface area contributed by atoms with Crippen LogP contribution in [-0.2, 0) is 23.9 Å². The number of amides is 3. The molecule has 0 radical (unpaired) electrons. The predicted octanol–water partition coefficient (Wildman–Crippen LogP) is -0.0102. The quantitative estimate of drug-likeness (QED) is 0.367. The third kappa shape index (κ3) is 5.85. The van der Waals surface area contributed by atoms with Gasteiger partial charge in [-0.25, -0.2) is 0 Å². The Morgan fingerprint density at radius 1 is 1.00 bits per heavy atom. The molecule has 6 N–H and O–H groups in total. The second-order valence-electron chi connectivity index (χ2n) is 8.88. The van der Waals surface area contributed by atoms with Gasteiger partial charge in [0.05, 0.1) is 6.54 Å². The average Bonchev–Trinajstić information content (AvgIpc) is 2.66. The number of carbonyl (C=O) groups is 4. The minimum absolute atomic E-state index is 0. The van der Waals surface area contributed by atoms with E-state index in [1.54, 1.807) is 0 Å². The topological polar surface area (TPSA) is 154 Å². The Kier molecular flexibility index (Phi) is 8.49. The lowest BCUT2D eigenvalue weighted by atomic mass is 9.55. The van der Waals surface area contributed by atoms with Gasteiger partial charge < -0.3 is 26.8 Å². The molecule has 4 fully saturated rings. The van der Waals surface area contributed by atoms with Crippen molar-refractivity contribution in [3.8, 4) is 0 Å². The van der Waals surface area contributed by atoms with Crippen molar-refractivity contribution in [1.29, 1.82) is 0 Å². The van der Waals surface area contributed by atoms with Gasteiger partial charge in [0.15, 0.2) is 0 Å². The van der Waals surface area contributed by atoms with Gasteiger partial charge in [0.2, 0.25) is 17.7 Å². The number of hydrogen-bond donors (Lipinski definition) is 4. The van der Waals surface area contributed by atoms with E-state index in [0.717, 1.165) is 37.5 Å². The standard InChI is InChI=1S/C20H32N4O5.ClH/c1-10(23-16(25)9-21)20(28)24-15(19(22)27)2-3-17(26)29-18-13-5-11-4-12(7-13)8-14(18)6-11;/h10-15,18H,2-9,21H2,1H3,(H2,22,27)(H,23,25)(H,24,28);1H/t10-,11?,12?,13?,14?,15+,18?;/m0./s1. The molecule has 4 bridgehead atoms. The maximum atomic E-state index is 12.4. The Morgan fingerprint density at radius 2 is 1.57 bits per heavy atom. The van der Waals surface area contributed by atoms with Crippen molar-refractivity contribution >= 4 is 36.1 Å². The van der Waals surface area contributed by atoms with Gasteiger partial charge in [0, 0.05) is 6.42 Å². The molecule has 0 heterocycles. The number of carbonyl (C=O) groups excluding carboxylic acids is 4. The molecule has 0 unspecified atom stereocenters. The number of ether oxygens (including phenoxy) is 1. The van der Waals surface area contributed by atoms with E-state index in [9.17, 15) is 19.2 Å². The molecule has 0 aromatic rings. The monoisotopic (exact) mass is 444 g/mol. The predicted molar refractivity (Wildman–Crippen MR) is 111 cm³/mol. The maximum Gasteiger partial charge on any atom is 0.306 e. The normalized spacial score (nSPS) is 30.5. The van der Waals surface area contributed by atoms with E-state index in [1.807, 2.05) is 0 Å². The molecule has 2 atom stereocenters. The second-order valence-corrected chi connectivity index (χ2v) is 8.88. The smallest absolute Gasteiger partial charge is 0.306 e. The fourth-order valence-corrected chi connectivity index (χ4v) is 5.49. The highest BCUT2D eigenvalue weighted by molar-refractivity contribution is 5.91. The minimum atomic E-state index is -1.01. The highest BCUT2D eigenvalue weighted by Crippen LogP contribution is 2.54. The van der Waals surface area contributed by atoms with Gasteiger partial charge in [-0.1, -0.05) is 0 Å². The molecular weight excluding hydrogens is 412 g/mol. The van der Waals surface area contributed by atoms with Crippen LogP contribution in [0.2, 0.25) is 0 Å². The number of rotatable bonds is 9. The van der Waals surface area contributed by atoms with E-state index >= 15 is 0 Å². The van der Waals surface area contributed by atoms with Crippen molar-refractivity contribution in [2.75, 3.05) is 6.54 Å². The van der Waals surface area contributed by atoms with E-state index in [-0.39, 0.29) is 43.9 Å². The first-order valence-electron chi connectivity index (χ1n) is 10.5. The second kappa shape index (κ2) is 10.4.